The molecule has 0 radical (unpaired) electrons. The van der Waals surface area contributed by atoms with Crippen LogP contribution in [0.15, 0.2) is 24.3 Å². The van der Waals surface area contributed by atoms with Gasteiger partial charge in [0, 0.05) is 6.07 Å². The summed E-state index contributed by atoms with van der Waals surface area (Å²) < 4.78 is 5.49. The molecule has 1 heterocycles. The van der Waals surface area contributed by atoms with Crippen LogP contribution in [0.1, 0.15) is 12.8 Å². The lowest BCUT2D eigenvalue weighted by molar-refractivity contribution is -0.385. The van der Waals surface area contributed by atoms with E-state index in [-0.39, 0.29) is 5.69 Å². The summed E-state index contributed by atoms with van der Waals surface area (Å²) in [6.07, 6.45) is 2.11. The first-order valence-electron chi connectivity index (χ1n) is 5.84. The smallest absolute Gasteiger partial charge is 0.310 e. The van der Waals surface area contributed by atoms with Crippen molar-refractivity contribution in [3.63, 3.8) is 0 Å². The number of benzene rings is 1. The molecule has 5 heteroatoms. The van der Waals surface area contributed by atoms with Crippen LogP contribution in [0.3, 0.4) is 0 Å². The van der Waals surface area contributed by atoms with Crippen molar-refractivity contribution in [1.82, 2.24) is 5.32 Å². The van der Waals surface area contributed by atoms with E-state index in [4.69, 9.17) is 4.74 Å². The molecule has 17 heavy (non-hydrogen) atoms. The molecule has 0 spiro atoms. The van der Waals surface area contributed by atoms with Crippen LogP contribution in [-0.4, -0.2) is 24.6 Å². The van der Waals surface area contributed by atoms with Crippen LogP contribution >= 0.6 is 0 Å². The van der Waals surface area contributed by atoms with E-state index >= 15 is 0 Å². The van der Waals surface area contributed by atoms with Crippen LogP contribution in [0, 0.1) is 16.0 Å². The summed E-state index contributed by atoms with van der Waals surface area (Å²) in [7, 11) is 0. The summed E-state index contributed by atoms with van der Waals surface area (Å²) in [4.78, 5) is 10.3. The predicted octanol–water partition coefficient (Wildman–Crippen LogP) is 1.97. The Labute approximate surface area is 99.9 Å². The van der Waals surface area contributed by atoms with E-state index in [1.54, 1.807) is 18.2 Å². The molecule has 2 rings (SSSR count). The van der Waals surface area contributed by atoms with Crippen molar-refractivity contribution in [3.8, 4) is 5.75 Å². The molecular formula is C12H16N2O3. The first kappa shape index (κ1) is 11.9. The Morgan fingerprint density at radius 3 is 3.00 bits per heavy atom. The zero-order valence-electron chi connectivity index (χ0n) is 9.59. The van der Waals surface area contributed by atoms with Crippen molar-refractivity contribution < 1.29 is 9.66 Å². The van der Waals surface area contributed by atoms with Crippen LogP contribution in [-0.2, 0) is 0 Å². The number of rotatable bonds is 5. The fraction of sp³-hybridized carbons (Fsp3) is 0.500. The molecule has 0 aliphatic carbocycles. The third-order valence-corrected chi connectivity index (χ3v) is 3.01. The molecule has 0 amide bonds. The summed E-state index contributed by atoms with van der Waals surface area (Å²) in [5, 5.41) is 14.0. The number of para-hydroxylation sites is 2. The molecule has 0 aromatic heterocycles. The lowest BCUT2D eigenvalue weighted by atomic mass is 10.1. The van der Waals surface area contributed by atoms with Crippen molar-refractivity contribution in [2.24, 2.45) is 5.92 Å². The van der Waals surface area contributed by atoms with Gasteiger partial charge in [-0.2, -0.15) is 0 Å². The summed E-state index contributed by atoms with van der Waals surface area (Å²) in [5.74, 6) is 1.00. The normalized spacial score (nSPS) is 19.2. The molecule has 1 saturated heterocycles. The molecule has 5 nitrogen and oxygen atoms in total. The maximum absolute atomic E-state index is 10.8. The third kappa shape index (κ3) is 3.17. The third-order valence-electron chi connectivity index (χ3n) is 3.01. The number of nitrogens with zero attached hydrogens (tertiary/aromatic N) is 1. The van der Waals surface area contributed by atoms with Gasteiger partial charge in [-0.25, -0.2) is 0 Å². The molecule has 1 atom stereocenters. The van der Waals surface area contributed by atoms with Gasteiger partial charge in [0.2, 0.25) is 0 Å². The van der Waals surface area contributed by atoms with Crippen molar-refractivity contribution in [1.29, 1.82) is 0 Å². The molecule has 0 bridgehead atoms. The number of nitro benzene ring substituents is 1. The lowest BCUT2D eigenvalue weighted by Gasteiger charge is -2.09. The fourth-order valence-electron chi connectivity index (χ4n) is 2.03. The highest BCUT2D eigenvalue weighted by atomic mass is 16.6. The molecular weight excluding hydrogens is 220 g/mol. The van der Waals surface area contributed by atoms with E-state index in [0.717, 1.165) is 19.5 Å². The monoisotopic (exact) mass is 236 g/mol. The molecule has 1 fully saturated rings. The molecule has 1 aliphatic heterocycles. The van der Waals surface area contributed by atoms with E-state index in [9.17, 15) is 10.1 Å². The van der Waals surface area contributed by atoms with Gasteiger partial charge in [0.1, 0.15) is 0 Å². The number of hydrogen-bond donors (Lipinski definition) is 1. The van der Waals surface area contributed by atoms with Gasteiger partial charge in [0.15, 0.2) is 5.75 Å². The Balaban J connectivity index is 1.87. The Bertz CT molecular complexity index is 389. The number of ether oxygens (including phenoxy) is 1. The van der Waals surface area contributed by atoms with Gasteiger partial charge in [0.25, 0.3) is 0 Å². The molecule has 92 valence electrons. The van der Waals surface area contributed by atoms with Gasteiger partial charge in [-0.05, 0) is 37.9 Å². The standard InChI is InChI=1S/C12H16N2O3/c15-14(16)11-3-1-2-4-12(11)17-8-6-10-5-7-13-9-10/h1-4,10,13H,5-9H2. The van der Waals surface area contributed by atoms with Crippen LogP contribution < -0.4 is 10.1 Å². The van der Waals surface area contributed by atoms with Crippen molar-refractivity contribution in [2.45, 2.75) is 12.8 Å². The Kier molecular flexibility index (Phi) is 3.93. The Hall–Kier alpha value is -1.62. The molecule has 1 unspecified atom stereocenters. The van der Waals surface area contributed by atoms with E-state index in [1.165, 1.54) is 12.5 Å². The molecule has 1 N–H and O–H groups in total. The first-order chi connectivity index (χ1) is 8.27. The van der Waals surface area contributed by atoms with Gasteiger partial charge in [-0.3, -0.25) is 10.1 Å². The van der Waals surface area contributed by atoms with Gasteiger partial charge in [0.05, 0.1) is 11.5 Å². The van der Waals surface area contributed by atoms with Crippen LogP contribution in [0.2, 0.25) is 0 Å². The zero-order valence-corrected chi connectivity index (χ0v) is 9.59. The van der Waals surface area contributed by atoms with Crippen molar-refractivity contribution in [3.05, 3.63) is 34.4 Å². The second kappa shape index (κ2) is 5.63. The average molecular weight is 236 g/mol. The second-order valence-corrected chi connectivity index (χ2v) is 4.22. The summed E-state index contributed by atoms with van der Waals surface area (Å²) >= 11 is 0. The summed E-state index contributed by atoms with van der Waals surface area (Å²) in [5.41, 5.74) is 0.0389. The van der Waals surface area contributed by atoms with Gasteiger partial charge in [-0.15, -0.1) is 0 Å². The Morgan fingerprint density at radius 2 is 2.29 bits per heavy atom. The van der Waals surface area contributed by atoms with Gasteiger partial charge < -0.3 is 10.1 Å². The molecule has 1 aromatic rings. The lowest BCUT2D eigenvalue weighted by Crippen LogP contribution is -2.12. The van der Waals surface area contributed by atoms with E-state index in [1.807, 2.05) is 0 Å². The topological polar surface area (TPSA) is 64.4 Å². The molecule has 0 saturated carbocycles. The van der Waals surface area contributed by atoms with E-state index in [0.29, 0.717) is 18.3 Å². The minimum Gasteiger partial charge on any atom is -0.487 e. The number of hydrogen-bond acceptors (Lipinski definition) is 4. The SMILES string of the molecule is O=[N+]([O-])c1ccccc1OCCC1CCNC1. The van der Waals surface area contributed by atoms with Crippen LogP contribution in [0.4, 0.5) is 5.69 Å². The number of nitrogens with one attached hydrogen (secondary N) is 1. The minimum atomic E-state index is -0.410. The first-order valence-corrected chi connectivity index (χ1v) is 5.84. The summed E-state index contributed by atoms with van der Waals surface area (Å²) in [6.45, 7) is 2.63. The summed E-state index contributed by atoms with van der Waals surface area (Å²) in [6, 6.07) is 6.50. The van der Waals surface area contributed by atoms with Crippen molar-refractivity contribution >= 4 is 5.69 Å². The molecule has 1 aromatic carbocycles. The van der Waals surface area contributed by atoms with E-state index < -0.39 is 4.92 Å². The maximum atomic E-state index is 10.8. The van der Waals surface area contributed by atoms with Gasteiger partial charge >= 0.3 is 5.69 Å². The van der Waals surface area contributed by atoms with Crippen LogP contribution in [0.25, 0.3) is 0 Å². The maximum Gasteiger partial charge on any atom is 0.310 e. The van der Waals surface area contributed by atoms with Gasteiger partial charge in [-0.1, -0.05) is 12.1 Å². The minimum absolute atomic E-state index is 0.0389. The molecule has 1 aliphatic rings. The second-order valence-electron chi connectivity index (χ2n) is 4.22. The highest BCUT2D eigenvalue weighted by molar-refractivity contribution is 5.45. The van der Waals surface area contributed by atoms with Crippen molar-refractivity contribution in [2.75, 3.05) is 19.7 Å². The predicted molar refractivity (Wildman–Crippen MR) is 64.2 cm³/mol. The number of nitro groups is 1. The van der Waals surface area contributed by atoms with Crippen LogP contribution in [0.5, 0.6) is 5.75 Å². The largest absolute Gasteiger partial charge is 0.487 e. The highest BCUT2D eigenvalue weighted by Crippen LogP contribution is 2.26. The average Bonchev–Trinajstić information content (AvgIpc) is 2.82. The quantitative estimate of drug-likeness (QED) is 0.627. The fourth-order valence-corrected chi connectivity index (χ4v) is 2.03. The zero-order chi connectivity index (χ0) is 12.1. The van der Waals surface area contributed by atoms with E-state index in [2.05, 4.69) is 5.32 Å². The Morgan fingerprint density at radius 1 is 1.47 bits per heavy atom. The highest BCUT2D eigenvalue weighted by Gasteiger charge is 2.16.